The molecule has 2 rings (SSSR count). The second-order valence-corrected chi connectivity index (χ2v) is 3.53. The van der Waals surface area contributed by atoms with Gasteiger partial charge in [0, 0.05) is 10.4 Å². The molecule has 0 N–H and O–H groups in total. The Morgan fingerprint density at radius 2 is 2.00 bits per heavy atom. The second-order valence-electron chi connectivity index (χ2n) is 2.61. The summed E-state index contributed by atoms with van der Waals surface area (Å²) in [5, 5.41) is 0. The molecule has 0 aliphatic heterocycles. The predicted octanol–water partition coefficient (Wildman–Crippen LogP) is 3.17. The molecule has 1 fully saturated rings. The molecule has 1 saturated carbocycles. The first-order valence-corrected chi connectivity index (χ1v) is 4.26. The summed E-state index contributed by atoms with van der Waals surface area (Å²) in [6, 6.07) is 8.51. The lowest BCUT2D eigenvalue weighted by Gasteiger charge is -1.95. The van der Waals surface area contributed by atoms with Gasteiger partial charge in [0.25, 0.3) is 0 Å². The van der Waals surface area contributed by atoms with E-state index in [4.69, 9.17) is 0 Å². The Hall–Kier alpha value is -0.300. The third-order valence-corrected chi connectivity index (χ3v) is 2.23. The van der Waals surface area contributed by atoms with Gasteiger partial charge in [-0.3, -0.25) is 0 Å². The van der Waals surface area contributed by atoms with Crippen LogP contribution in [0.4, 0.5) is 0 Å². The molecule has 0 atom stereocenters. The molecule has 1 aromatic rings. The SMILES string of the molecule is Brc1cccc([C]2CC2)c1. The van der Waals surface area contributed by atoms with Crippen molar-refractivity contribution in [2.75, 3.05) is 0 Å². The van der Waals surface area contributed by atoms with E-state index in [2.05, 4.69) is 40.2 Å². The van der Waals surface area contributed by atoms with Crippen LogP contribution < -0.4 is 0 Å². The Labute approximate surface area is 69.4 Å². The van der Waals surface area contributed by atoms with Gasteiger partial charge in [0.1, 0.15) is 0 Å². The minimum absolute atomic E-state index is 1.18. The predicted molar refractivity (Wildman–Crippen MR) is 45.7 cm³/mol. The first kappa shape index (κ1) is 6.41. The number of benzene rings is 1. The van der Waals surface area contributed by atoms with Crippen LogP contribution in [0.1, 0.15) is 18.4 Å². The maximum atomic E-state index is 3.44. The van der Waals surface area contributed by atoms with Crippen LogP contribution in [0.3, 0.4) is 0 Å². The zero-order chi connectivity index (χ0) is 6.97. The Balaban J connectivity index is 2.32. The molecular formula is C9H8Br. The van der Waals surface area contributed by atoms with Crippen molar-refractivity contribution in [2.24, 2.45) is 0 Å². The van der Waals surface area contributed by atoms with E-state index in [0.29, 0.717) is 0 Å². The van der Waals surface area contributed by atoms with Gasteiger partial charge in [-0.25, -0.2) is 0 Å². The highest BCUT2D eigenvalue weighted by atomic mass is 79.9. The monoisotopic (exact) mass is 195 g/mol. The lowest BCUT2D eigenvalue weighted by molar-refractivity contribution is 1.40. The molecule has 0 saturated heterocycles. The quantitative estimate of drug-likeness (QED) is 0.647. The van der Waals surface area contributed by atoms with Crippen molar-refractivity contribution < 1.29 is 0 Å². The van der Waals surface area contributed by atoms with Gasteiger partial charge in [0.2, 0.25) is 0 Å². The molecule has 1 aliphatic carbocycles. The molecule has 0 unspecified atom stereocenters. The Morgan fingerprint density at radius 1 is 1.20 bits per heavy atom. The summed E-state index contributed by atoms with van der Waals surface area (Å²) in [4.78, 5) is 0. The van der Waals surface area contributed by atoms with Gasteiger partial charge in [0.05, 0.1) is 0 Å². The van der Waals surface area contributed by atoms with Crippen LogP contribution in [0, 0.1) is 5.92 Å². The molecule has 1 heteroatoms. The fraction of sp³-hybridized carbons (Fsp3) is 0.222. The molecule has 0 nitrogen and oxygen atoms in total. The van der Waals surface area contributed by atoms with E-state index in [0.717, 1.165) is 0 Å². The van der Waals surface area contributed by atoms with Crippen LogP contribution in [0.5, 0.6) is 0 Å². The van der Waals surface area contributed by atoms with Crippen LogP contribution in [0.15, 0.2) is 28.7 Å². The highest BCUT2D eigenvalue weighted by Gasteiger charge is 2.23. The third-order valence-electron chi connectivity index (χ3n) is 1.73. The van der Waals surface area contributed by atoms with Gasteiger partial charge >= 0.3 is 0 Å². The van der Waals surface area contributed by atoms with Crippen molar-refractivity contribution in [3.8, 4) is 0 Å². The van der Waals surface area contributed by atoms with E-state index in [1.54, 1.807) is 5.92 Å². The summed E-state index contributed by atoms with van der Waals surface area (Å²) in [5.41, 5.74) is 1.41. The average Bonchev–Trinajstić information content (AvgIpc) is 2.68. The maximum Gasteiger partial charge on any atom is 0.0178 e. The van der Waals surface area contributed by atoms with E-state index < -0.39 is 0 Å². The molecule has 1 aromatic carbocycles. The molecule has 10 heavy (non-hydrogen) atoms. The Morgan fingerprint density at radius 3 is 2.60 bits per heavy atom. The van der Waals surface area contributed by atoms with Crippen molar-refractivity contribution in [1.29, 1.82) is 0 Å². The highest BCUT2D eigenvalue weighted by molar-refractivity contribution is 9.10. The van der Waals surface area contributed by atoms with Crippen molar-refractivity contribution in [3.63, 3.8) is 0 Å². The third kappa shape index (κ3) is 1.24. The number of hydrogen-bond acceptors (Lipinski definition) is 0. The van der Waals surface area contributed by atoms with Gasteiger partial charge in [-0.2, -0.15) is 0 Å². The van der Waals surface area contributed by atoms with Crippen LogP contribution in [-0.4, -0.2) is 0 Å². The largest absolute Gasteiger partial charge is 0.0609 e. The van der Waals surface area contributed by atoms with E-state index in [1.165, 1.54) is 22.9 Å². The molecule has 0 bridgehead atoms. The first-order chi connectivity index (χ1) is 4.86. The number of rotatable bonds is 1. The van der Waals surface area contributed by atoms with Crippen molar-refractivity contribution in [2.45, 2.75) is 12.8 Å². The molecule has 0 aromatic heterocycles. The molecule has 0 amide bonds. The average molecular weight is 196 g/mol. The van der Waals surface area contributed by atoms with Gasteiger partial charge in [0.15, 0.2) is 0 Å². The summed E-state index contributed by atoms with van der Waals surface area (Å²) < 4.78 is 1.18. The lowest BCUT2D eigenvalue weighted by Crippen LogP contribution is -1.76. The van der Waals surface area contributed by atoms with Crippen molar-refractivity contribution in [1.82, 2.24) is 0 Å². The van der Waals surface area contributed by atoms with E-state index in [9.17, 15) is 0 Å². The second kappa shape index (κ2) is 2.39. The molecular weight excluding hydrogens is 188 g/mol. The van der Waals surface area contributed by atoms with Gasteiger partial charge in [-0.05, 0) is 30.5 Å². The molecule has 0 heterocycles. The first-order valence-electron chi connectivity index (χ1n) is 3.47. The zero-order valence-electron chi connectivity index (χ0n) is 5.60. The minimum Gasteiger partial charge on any atom is -0.0609 e. The Bertz CT molecular complexity index is 238. The van der Waals surface area contributed by atoms with Gasteiger partial charge in [-0.1, -0.05) is 28.1 Å². The highest BCUT2D eigenvalue weighted by Crippen LogP contribution is 2.39. The Kier molecular flexibility index (Phi) is 1.53. The lowest BCUT2D eigenvalue weighted by atomic mass is 10.1. The van der Waals surface area contributed by atoms with Crippen molar-refractivity contribution >= 4 is 15.9 Å². The van der Waals surface area contributed by atoms with Crippen LogP contribution in [0.25, 0.3) is 0 Å². The smallest absolute Gasteiger partial charge is 0.0178 e. The zero-order valence-corrected chi connectivity index (χ0v) is 7.19. The topological polar surface area (TPSA) is 0 Å². The van der Waals surface area contributed by atoms with E-state index >= 15 is 0 Å². The number of hydrogen-bond donors (Lipinski definition) is 0. The summed E-state index contributed by atoms with van der Waals surface area (Å²) >= 11 is 3.44. The summed E-state index contributed by atoms with van der Waals surface area (Å²) in [6.45, 7) is 0. The standard InChI is InChI=1S/C9H8Br/c10-9-3-1-2-8(6-9)7-4-5-7/h1-3,6H,4-5H2. The normalized spacial score (nSPS) is 17.3. The van der Waals surface area contributed by atoms with E-state index in [-0.39, 0.29) is 0 Å². The molecule has 1 aliphatic rings. The summed E-state index contributed by atoms with van der Waals surface area (Å²) in [7, 11) is 0. The van der Waals surface area contributed by atoms with Crippen LogP contribution in [0.2, 0.25) is 0 Å². The number of halogens is 1. The minimum atomic E-state index is 1.18. The van der Waals surface area contributed by atoms with Crippen LogP contribution >= 0.6 is 15.9 Å². The van der Waals surface area contributed by atoms with Crippen LogP contribution in [-0.2, 0) is 0 Å². The molecule has 1 radical (unpaired) electrons. The van der Waals surface area contributed by atoms with E-state index in [1.807, 2.05) is 0 Å². The fourth-order valence-electron chi connectivity index (χ4n) is 1.06. The molecule has 51 valence electrons. The van der Waals surface area contributed by atoms with Gasteiger partial charge in [-0.15, -0.1) is 0 Å². The van der Waals surface area contributed by atoms with Gasteiger partial charge < -0.3 is 0 Å². The fourth-order valence-corrected chi connectivity index (χ4v) is 1.46. The summed E-state index contributed by atoms with van der Waals surface area (Å²) in [5.74, 6) is 1.60. The maximum absolute atomic E-state index is 3.44. The molecule has 0 spiro atoms. The summed E-state index contributed by atoms with van der Waals surface area (Å²) in [6.07, 6.45) is 2.60. The van der Waals surface area contributed by atoms with Crippen molar-refractivity contribution in [3.05, 3.63) is 40.2 Å².